The molecule has 1 aliphatic carbocycles. The number of rotatable bonds is 8. The molecular formula is C25H26N4O4S. The quantitative estimate of drug-likeness (QED) is 0.456. The van der Waals surface area contributed by atoms with E-state index in [0.29, 0.717) is 33.4 Å². The van der Waals surface area contributed by atoms with Crippen molar-refractivity contribution in [3.05, 3.63) is 81.9 Å². The Morgan fingerprint density at radius 2 is 1.74 bits per heavy atom. The minimum absolute atomic E-state index is 0.0417. The lowest BCUT2D eigenvalue weighted by Crippen LogP contribution is -2.41. The van der Waals surface area contributed by atoms with Crippen LogP contribution >= 0.6 is 11.3 Å². The lowest BCUT2D eigenvalue weighted by Gasteiger charge is -2.21. The molecule has 176 valence electrons. The smallest absolute Gasteiger partial charge is 0.263 e. The van der Waals surface area contributed by atoms with Gasteiger partial charge in [0.2, 0.25) is 5.91 Å². The molecule has 0 bridgehead atoms. The summed E-state index contributed by atoms with van der Waals surface area (Å²) in [6.07, 6.45) is 2.70. The normalized spacial score (nSPS) is 17.3. The molecule has 0 saturated heterocycles. The van der Waals surface area contributed by atoms with Crippen LogP contribution in [0.5, 0.6) is 0 Å². The first-order valence-corrected chi connectivity index (χ1v) is 11.9. The highest BCUT2D eigenvalue weighted by molar-refractivity contribution is 7.17. The van der Waals surface area contributed by atoms with Gasteiger partial charge in [-0.05, 0) is 56.0 Å². The van der Waals surface area contributed by atoms with Crippen LogP contribution in [-0.2, 0) is 11.3 Å². The number of primary amides is 1. The van der Waals surface area contributed by atoms with E-state index in [9.17, 15) is 14.4 Å². The summed E-state index contributed by atoms with van der Waals surface area (Å²) >= 11 is 1.12. The molecule has 1 aromatic heterocycles. The average molecular weight is 479 g/mol. The van der Waals surface area contributed by atoms with Gasteiger partial charge in [-0.2, -0.15) is 0 Å². The number of aryl methyl sites for hydroxylation is 1. The largest absolute Gasteiger partial charge is 0.371 e. The van der Waals surface area contributed by atoms with E-state index in [2.05, 4.69) is 15.6 Å². The van der Waals surface area contributed by atoms with E-state index in [1.165, 1.54) is 24.3 Å². The summed E-state index contributed by atoms with van der Waals surface area (Å²) in [6, 6.07) is 15.9. The molecule has 1 saturated carbocycles. The van der Waals surface area contributed by atoms with Crippen molar-refractivity contribution in [3.8, 4) is 0 Å². The number of anilines is 1. The highest BCUT2D eigenvalue weighted by Crippen LogP contribution is 2.27. The number of hydrogen-bond donors (Lipinski definition) is 3. The van der Waals surface area contributed by atoms with Crippen molar-refractivity contribution >= 4 is 34.2 Å². The number of nitrogens with zero attached hydrogens (tertiary/aromatic N) is 1. The van der Waals surface area contributed by atoms with Gasteiger partial charge in [0.05, 0.1) is 24.4 Å². The first kappa shape index (κ1) is 23.6. The minimum Gasteiger partial charge on any atom is -0.371 e. The van der Waals surface area contributed by atoms with E-state index in [4.69, 9.17) is 10.5 Å². The fourth-order valence-electron chi connectivity index (χ4n) is 3.92. The van der Waals surface area contributed by atoms with Gasteiger partial charge in [-0.15, -0.1) is 0 Å². The van der Waals surface area contributed by atoms with Crippen LogP contribution in [0.1, 0.15) is 60.9 Å². The third-order valence-electron chi connectivity index (χ3n) is 5.73. The van der Waals surface area contributed by atoms with Crippen molar-refractivity contribution in [1.29, 1.82) is 0 Å². The maximum atomic E-state index is 13.0. The van der Waals surface area contributed by atoms with Gasteiger partial charge in [0.15, 0.2) is 5.13 Å². The topological polar surface area (TPSA) is 123 Å². The molecule has 1 aliphatic rings. The van der Waals surface area contributed by atoms with Gasteiger partial charge in [-0.1, -0.05) is 41.7 Å². The standard InChI is InChI=1S/C25H26N4O4S/c1-15-21(34-25(27-15)29-23(31)18-12-10-17(11-13-18)22(26)30)24(32)28-19-8-5-9-20(19)33-14-16-6-3-2-4-7-16/h2-4,6-7,10-13,19-20H,5,8-9,14H2,1H3,(H2,26,30)(H,28,32)(H,27,29,31)/t19-,20-/m0/s1. The summed E-state index contributed by atoms with van der Waals surface area (Å²) in [6.45, 7) is 2.24. The number of nitrogens with two attached hydrogens (primary N) is 1. The molecule has 3 aromatic rings. The zero-order valence-corrected chi connectivity index (χ0v) is 19.6. The number of benzene rings is 2. The molecule has 9 heteroatoms. The molecule has 0 radical (unpaired) electrons. The first-order chi connectivity index (χ1) is 16.4. The third-order valence-corrected chi connectivity index (χ3v) is 6.80. The number of aromatic nitrogens is 1. The Morgan fingerprint density at radius 1 is 1.03 bits per heavy atom. The van der Waals surface area contributed by atoms with Crippen LogP contribution < -0.4 is 16.4 Å². The van der Waals surface area contributed by atoms with E-state index < -0.39 is 5.91 Å². The number of carbonyl (C=O) groups excluding carboxylic acids is 3. The molecule has 3 amide bonds. The molecule has 4 N–H and O–H groups in total. The molecular weight excluding hydrogens is 452 g/mol. The van der Waals surface area contributed by atoms with E-state index in [1.807, 2.05) is 30.3 Å². The molecule has 34 heavy (non-hydrogen) atoms. The minimum atomic E-state index is -0.562. The number of thiazole rings is 1. The molecule has 1 heterocycles. The Balaban J connectivity index is 1.36. The van der Waals surface area contributed by atoms with Gasteiger partial charge in [0.1, 0.15) is 4.88 Å². The van der Waals surface area contributed by atoms with Gasteiger partial charge in [-0.3, -0.25) is 19.7 Å². The number of carbonyl (C=O) groups is 3. The van der Waals surface area contributed by atoms with Crippen LogP contribution in [0.4, 0.5) is 5.13 Å². The Bertz CT molecular complexity index is 1180. The van der Waals surface area contributed by atoms with Crippen molar-refractivity contribution in [2.45, 2.75) is 44.9 Å². The summed E-state index contributed by atoms with van der Waals surface area (Å²) in [5.74, 6) is -1.17. The lowest BCUT2D eigenvalue weighted by molar-refractivity contribution is 0.0272. The van der Waals surface area contributed by atoms with Gasteiger partial charge < -0.3 is 15.8 Å². The van der Waals surface area contributed by atoms with E-state index in [1.54, 1.807) is 6.92 Å². The maximum Gasteiger partial charge on any atom is 0.263 e. The zero-order chi connectivity index (χ0) is 24.1. The maximum absolute atomic E-state index is 13.0. The second-order valence-electron chi connectivity index (χ2n) is 8.18. The van der Waals surface area contributed by atoms with Crippen LogP contribution in [-0.4, -0.2) is 34.9 Å². The van der Waals surface area contributed by atoms with Crippen LogP contribution in [0.3, 0.4) is 0 Å². The molecule has 2 atom stereocenters. The van der Waals surface area contributed by atoms with Crippen molar-refractivity contribution in [1.82, 2.24) is 10.3 Å². The molecule has 0 unspecified atom stereocenters. The first-order valence-electron chi connectivity index (χ1n) is 11.1. The van der Waals surface area contributed by atoms with Crippen molar-refractivity contribution in [2.24, 2.45) is 5.73 Å². The number of hydrogen-bond acceptors (Lipinski definition) is 6. The SMILES string of the molecule is Cc1nc(NC(=O)c2ccc(C(N)=O)cc2)sc1C(=O)N[C@H]1CCC[C@@H]1OCc1ccccc1. The van der Waals surface area contributed by atoms with Crippen LogP contribution in [0.25, 0.3) is 0 Å². The number of nitrogens with one attached hydrogen (secondary N) is 2. The fraction of sp³-hybridized carbons (Fsp3) is 0.280. The van der Waals surface area contributed by atoms with Crippen molar-refractivity contribution < 1.29 is 19.1 Å². The Kier molecular flexibility index (Phi) is 7.34. The summed E-state index contributed by atoms with van der Waals surface area (Å²) in [4.78, 5) is 41.5. The van der Waals surface area contributed by atoms with Gasteiger partial charge in [0.25, 0.3) is 11.8 Å². The van der Waals surface area contributed by atoms with E-state index in [-0.39, 0.29) is 24.0 Å². The number of amides is 3. The zero-order valence-electron chi connectivity index (χ0n) is 18.7. The molecule has 0 aliphatic heterocycles. The lowest BCUT2D eigenvalue weighted by atomic mass is 10.1. The summed E-state index contributed by atoms with van der Waals surface area (Å²) in [7, 11) is 0. The predicted molar refractivity (Wildman–Crippen MR) is 130 cm³/mol. The highest BCUT2D eigenvalue weighted by Gasteiger charge is 2.30. The van der Waals surface area contributed by atoms with Gasteiger partial charge >= 0.3 is 0 Å². The van der Waals surface area contributed by atoms with Crippen molar-refractivity contribution in [2.75, 3.05) is 5.32 Å². The molecule has 2 aromatic carbocycles. The monoisotopic (exact) mass is 478 g/mol. The van der Waals surface area contributed by atoms with Crippen LogP contribution in [0.2, 0.25) is 0 Å². The Morgan fingerprint density at radius 3 is 2.44 bits per heavy atom. The predicted octanol–water partition coefficient (Wildman–Crippen LogP) is 3.67. The summed E-state index contributed by atoms with van der Waals surface area (Å²) in [5.41, 5.74) is 7.54. The van der Waals surface area contributed by atoms with Crippen LogP contribution in [0.15, 0.2) is 54.6 Å². The van der Waals surface area contributed by atoms with Gasteiger partial charge in [0, 0.05) is 11.1 Å². The Labute approximate surface area is 201 Å². The molecule has 4 rings (SSSR count). The third kappa shape index (κ3) is 5.67. The van der Waals surface area contributed by atoms with Crippen LogP contribution in [0, 0.1) is 6.92 Å². The van der Waals surface area contributed by atoms with E-state index in [0.717, 1.165) is 36.2 Å². The van der Waals surface area contributed by atoms with Gasteiger partial charge in [-0.25, -0.2) is 4.98 Å². The average Bonchev–Trinajstić information content (AvgIpc) is 3.43. The molecule has 0 spiro atoms. The Hall–Kier alpha value is -3.56. The highest BCUT2D eigenvalue weighted by atomic mass is 32.1. The van der Waals surface area contributed by atoms with Crippen molar-refractivity contribution in [3.63, 3.8) is 0 Å². The fourth-order valence-corrected chi connectivity index (χ4v) is 4.78. The second-order valence-corrected chi connectivity index (χ2v) is 9.17. The van der Waals surface area contributed by atoms with E-state index >= 15 is 0 Å². The summed E-state index contributed by atoms with van der Waals surface area (Å²) in [5, 5.41) is 6.13. The summed E-state index contributed by atoms with van der Waals surface area (Å²) < 4.78 is 6.09. The molecule has 8 nitrogen and oxygen atoms in total. The number of ether oxygens (including phenoxy) is 1. The second kappa shape index (κ2) is 10.6. The molecule has 1 fully saturated rings.